The number of rotatable bonds is 4. The summed E-state index contributed by atoms with van der Waals surface area (Å²) in [6, 6.07) is 11.5. The molecule has 1 saturated heterocycles. The zero-order chi connectivity index (χ0) is 22.1. The van der Waals surface area contributed by atoms with Crippen molar-refractivity contribution in [3.63, 3.8) is 0 Å². The maximum absolute atomic E-state index is 13.3. The van der Waals surface area contributed by atoms with Crippen molar-refractivity contribution in [3.8, 4) is 11.3 Å². The number of aromatic nitrogens is 1. The molecule has 0 saturated carbocycles. The van der Waals surface area contributed by atoms with Crippen molar-refractivity contribution in [1.82, 2.24) is 10.1 Å². The fraction of sp³-hybridized carbons (Fsp3) is 0.238. The van der Waals surface area contributed by atoms with Crippen molar-refractivity contribution < 1.29 is 14.2 Å². The molecular formula is C21H20ClN5O4. The van der Waals surface area contributed by atoms with Gasteiger partial charge in [-0.1, -0.05) is 28.9 Å². The largest absolute Gasteiger partial charge is 0.399 e. The van der Waals surface area contributed by atoms with Crippen LogP contribution in [0.2, 0.25) is 5.02 Å². The van der Waals surface area contributed by atoms with Crippen LogP contribution in [0.5, 0.6) is 0 Å². The second kappa shape index (κ2) is 8.27. The molecule has 0 spiro atoms. The minimum absolute atomic E-state index is 0.0549. The average molecular weight is 442 g/mol. The zero-order valence-corrected chi connectivity index (χ0v) is 17.5. The van der Waals surface area contributed by atoms with Gasteiger partial charge in [0.2, 0.25) is 0 Å². The molecule has 0 atom stereocenters. The lowest BCUT2D eigenvalue weighted by atomic mass is 10.0. The van der Waals surface area contributed by atoms with Crippen molar-refractivity contribution in [1.29, 1.82) is 0 Å². The van der Waals surface area contributed by atoms with Crippen LogP contribution in [0.1, 0.15) is 16.1 Å². The molecule has 10 heteroatoms. The first kappa shape index (κ1) is 20.7. The number of piperazine rings is 1. The van der Waals surface area contributed by atoms with Gasteiger partial charge in [-0.05, 0) is 25.1 Å². The number of nitrogens with zero attached hydrogens (tertiary/aromatic N) is 4. The second-order valence-electron chi connectivity index (χ2n) is 7.26. The number of nitro benzene ring substituents is 1. The van der Waals surface area contributed by atoms with E-state index in [4.69, 9.17) is 21.9 Å². The van der Waals surface area contributed by atoms with Gasteiger partial charge >= 0.3 is 0 Å². The summed E-state index contributed by atoms with van der Waals surface area (Å²) in [5, 5.41) is 15.3. The molecule has 0 aliphatic carbocycles. The summed E-state index contributed by atoms with van der Waals surface area (Å²) in [7, 11) is 0. The molecule has 0 radical (unpaired) electrons. The zero-order valence-electron chi connectivity index (χ0n) is 16.7. The third-order valence-electron chi connectivity index (χ3n) is 5.31. The van der Waals surface area contributed by atoms with E-state index < -0.39 is 4.92 Å². The van der Waals surface area contributed by atoms with Gasteiger partial charge < -0.3 is 20.1 Å². The van der Waals surface area contributed by atoms with Gasteiger partial charge in [0.25, 0.3) is 11.6 Å². The molecule has 31 heavy (non-hydrogen) atoms. The number of anilines is 2. The Morgan fingerprint density at radius 3 is 2.45 bits per heavy atom. The van der Waals surface area contributed by atoms with Gasteiger partial charge in [-0.25, -0.2) is 0 Å². The van der Waals surface area contributed by atoms with Crippen molar-refractivity contribution in [2.45, 2.75) is 6.92 Å². The lowest BCUT2D eigenvalue weighted by Crippen LogP contribution is -2.49. The standard InChI is InChI=1S/C21H20ClN5O4/c1-13-19(20(24-31-13)14-2-4-15(23)5-3-14)21(28)26-10-8-25(9-11-26)18-7-6-16(27(29)30)12-17(18)22/h2-7,12H,8-11,23H2,1H3. The summed E-state index contributed by atoms with van der Waals surface area (Å²) < 4.78 is 5.32. The highest BCUT2D eigenvalue weighted by Gasteiger charge is 2.29. The smallest absolute Gasteiger partial charge is 0.271 e. The van der Waals surface area contributed by atoms with E-state index in [9.17, 15) is 14.9 Å². The number of carbonyl (C=O) groups excluding carboxylic acids is 1. The normalized spacial score (nSPS) is 14.0. The fourth-order valence-electron chi connectivity index (χ4n) is 3.64. The summed E-state index contributed by atoms with van der Waals surface area (Å²) >= 11 is 6.25. The van der Waals surface area contributed by atoms with E-state index in [0.717, 1.165) is 5.56 Å². The van der Waals surface area contributed by atoms with Gasteiger partial charge in [0.1, 0.15) is 17.0 Å². The van der Waals surface area contributed by atoms with Crippen LogP contribution in [-0.4, -0.2) is 47.1 Å². The molecule has 0 unspecified atom stereocenters. The Balaban J connectivity index is 1.50. The number of hydrogen-bond donors (Lipinski definition) is 1. The Labute approximate surface area is 183 Å². The van der Waals surface area contributed by atoms with E-state index in [-0.39, 0.29) is 11.6 Å². The van der Waals surface area contributed by atoms with E-state index in [1.54, 1.807) is 42.2 Å². The average Bonchev–Trinajstić information content (AvgIpc) is 3.15. The van der Waals surface area contributed by atoms with Crippen LogP contribution in [0.3, 0.4) is 0 Å². The third kappa shape index (κ3) is 4.04. The lowest BCUT2D eigenvalue weighted by Gasteiger charge is -2.36. The lowest BCUT2D eigenvalue weighted by molar-refractivity contribution is -0.384. The summed E-state index contributed by atoms with van der Waals surface area (Å²) in [6.45, 7) is 3.75. The Kier molecular flexibility index (Phi) is 5.51. The van der Waals surface area contributed by atoms with Gasteiger partial charge in [-0.3, -0.25) is 14.9 Å². The summed E-state index contributed by atoms with van der Waals surface area (Å²) in [5.41, 5.74) is 8.71. The number of carbonyl (C=O) groups is 1. The van der Waals surface area contributed by atoms with Crippen LogP contribution in [0.15, 0.2) is 47.0 Å². The molecular weight excluding hydrogens is 422 g/mol. The van der Waals surface area contributed by atoms with Crippen molar-refractivity contribution in [2.75, 3.05) is 36.8 Å². The Hall–Kier alpha value is -3.59. The van der Waals surface area contributed by atoms with Gasteiger partial charge in [0.15, 0.2) is 0 Å². The predicted molar refractivity (Wildman–Crippen MR) is 117 cm³/mol. The molecule has 0 bridgehead atoms. The molecule has 9 nitrogen and oxygen atoms in total. The number of nitro groups is 1. The number of halogens is 1. The quantitative estimate of drug-likeness (QED) is 0.372. The number of benzene rings is 2. The summed E-state index contributed by atoms with van der Waals surface area (Å²) in [6.07, 6.45) is 0. The fourth-order valence-corrected chi connectivity index (χ4v) is 3.93. The highest BCUT2D eigenvalue weighted by atomic mass is 35.5. The maximum Gasteiger partial charge on any atom is 0.271 e. The van der Waals surface area contributed by atoms with Crippen molar-refractivity contribution in [3.05, 3.63) is 68.9 Å². The second-order valence-corrected chi connectivity index (χ2v) is 7.66. The molecule has 2 N–H and O–H groups in total. The maximum atomic E-state index is 13.3. The Morgan fingerprint density at radius 1 is 1.16 bits per heavy atom. The number of amides is 1. The molecule has 2 aromatic carbocycles. The minimum atomic E-state index is -0.480. The monoisotopic (exact) mass is 441 g/mol. The summed E-state index contributed by atoms with van der Waals surface area (Å²) in [4.78, 5) is 27.4. The van der Waals surface area contributed by atoms with Crippen molar-refractivity contribution >= 4 is 34.6 Å². The number of nitrogens with two attached hydrogens (primary N) is 1. The molecule has 1 aromatic heterocycles. The van der Waals surface area contributed by atoms with E-state index in [1.165, 1.54) is 12.1 Å². The van der Waals surface area contributed by atoms with Crippen molar-refractivity contribution in [2.24, 2.45) is 0 Å². The number of hydrogen-bond acceptors (Lipinski definition) is 7. The molecule has 160 valence electrons. The first-order chi connectivity index (χ1) is 14.8. The van der Waals surface area contributed by atoms with Crippen LogP contribution < -0.4 is 10.6 Å². The number of nitrogen functional groups attached to an aromatic ring is 1. The number of aryl methyl sites for hydroxylation is 1. The topological polar surface area (TPSA) is 119 Å². The van der Waals surface area contributed by atoms with E-state index in [2.05, 4.69) is 5.16 Å². The highest BCUT2D eigenvalue weighted by molar-refractivity contribution is 6.33. The molecule has 1 amide bonds. The van der Waals surface area contributed by atoms with Crippen LogP contribution >= 0.6 is 11.6 Å². The van der Waals surface area contributed by atoms with Crippen LogP contribution in [-0.2, 0) is 0 Å². The summed E-state index contributed by atoms with van der Waals surface area (Å²) in [5.74, 6) is 0.303. The first-order valence-corrected chi connectivity index (χ1v) is 10.0. The van der Waals surface area contributed by atoms with Gasteiger partial charge in [0, 0.05) is 49.6 Å². The van der Waals surface area contributed by atoms with E-state index >= 15 is 0 Å². The van der Waals surface area contributed by atoms with Crippen LogP contribution in [0, 0.1) is 17.0 Å². The van der Waals surface area contributed by atoms with Crippen LogP contribution in [0.4, 0.5) is 17.1 Å². The third-order valence-corrected chi connectivity index (χ3v) is 5.61. The minimum Gasteiger partial charge on any atom is -0.399 e. The van der Waals surface area contributed by atoms with E-state index in [1.807, 2.05) is 4.90 Å². The van der Waals surface area contributed by atoms with Gasteiger partial charge in [-0.2, -0.15) is 0 Å². The number of non-ortho nitro benzene ring substituents is 1. The molecule has 1 aliphatic rings. The Morgan fingerprint density at radius 2 is 1.84 bits per heavy atom. The molecule has 1 fully saturated rings. The van der Waals surface area contributed by atoms with Crippen LogP contribution in [0.25, 0.3) is 11.3 Å². The first-order valence-electron chi connectivity index (χ1n) is 9.65. The van der Waals surface area contributed by atoms with E-state index in [0.29, 0.717) is 59.6 Å². The molecule has 1 aliphatic heterocycles. The van der Waals surface area contributed by atoms with Gasteiger partial charge in [0.05, 0.1) is 15.6 Å². The highest BCUT2D eigenvalue weighted by Crippen LogP contribution is 2.31. The molecule has 3 aromatic rings. The predicted octanol–water partition coefficient (Wildman–Crippen LogP) is 3.76. The SMILES string of the molecule is Cc1onc(-c2ccc(N)cc2)c1C(=O)N1CCN(c2ccc([N+](=O)[O-])cc2Cl)CC1. The Bertz CT molecular complexity index is 1140. The van der Waals surface area contributed by atoms with Gasteiger partial charge in [-0.15, -0.1) is 0 Å². The molecule has 4 rings (SSSR count). The molecule has 2 heterocycles.